The van der Waals surface area contributed by atoms with Crippen LogP contribution in [0.25, 0.3) is 0 Å². The summed E-state index contributed by atoms with van der Waals surface area (Å²) in [4.78, 5) is 14.3. The van der Waals surface area contributed by atoms with Gasteiger partial charge in [0.2, 0.25) is 5.91 Å². The molecular weight excluding hydrogens is 238 g/mol. The molecule has 1 fully saturated rings. The van der Waals surface area contributed by atoms with E-state index in [0.29, 0.717) is 12.0 Å². The van der Waals surface area contributed by atoms with Gasteiger partial charge in [-0.3, -0.25) is 4.79 Å². The number of hydrogen-bond donors (Lipinski definition) is 2. The third-order valence-corrected chi connectivity index (χ3v) is 4.50. The average molecular weight is 269 g/mol. The Balaban J connectivity index is 2.18. The topological polar surface area (TPSA) is 58.4 Å². The Kier molecular flexibility index (Phi) is 6.80. The summed E-state index contributed by atoms with van der Waals surface area (Å²) in [6, 6.07) is 0.755. The predicted octanol–water partition coefficient (Wildman–Crippen LogP) is 1.60. The van der Waals surface area contributed by atoms with Crippen molar-refractivity contribution in [2.24, 2.45) is 17.6 Å². The number of rotatable bonds is 6. The Labute approximate surface area is 118 Å². The first-order valence-electron chi connectivity index (χ1n) is 7.65. The lowest BCUT2D eigenvalue weighted by atomic mass is 9.79. The van der Waals surface area contributed by atoms with Crippen molar-refractivity contribution in [2.75, 3.05) is 20.1 Å². The lowest BCUT2D eigenvalue weighted by molar-refractivity contribution is -0.126. The molecule has 3 atom stereocenters. The first-order valence-corrected chi connectivity index (χ1v) is 7.65. The predicted molar refractivity (Wildman–Crippen MR) is 79.9 cm³/mol. The zero-order valence-electron chi connectivity index (χ0n) is 13.0. The molecule has 0 aromatic rings. The van der Waals surface area contributed by atoms with Gasteiger partial charge in [-0.25, -0.2) is 0 Å². The highest BCUT2D eigenvalue weighted by Gasteiger charge is 2.29. The Bertz CT molecular complexity index is 281. The second-order valence-corrected chi connectivity index (χ2v) is 6.37. The summed E-state index contributed by atoms with van der Waals surface area (Å²) in [5, 5.41) is 3.06. The maximum atomic E-state index is 12.0. The third kappa shape index (κ3) is 5.49. The summed E-state index contributed by atoms with van der Waals surface area (Å²) in [7, 11) is 2.12. The van der Waals surface area contributed by atoms with E-state index in [2.05, 4.69) is 38.0 Å². The first kappa shape index (κ1) is 16.4. The van der Waals surface area contributed by atoms with Gasteiger partial charge >= 0.3 is 0 Å². The van der Waals surface area contributed by atoms with Crippen LogP contribution in [0.4, 0.5) is 0 Å². The second-order valence-electron chi connectivity index (χ2n) is 6.37. The molecule has 0 saturated heterocycles. The molecular formula is C15H31N3O. The quantitative estimate of drug-likeness (QED) is 0.720. The van der Waals surface area contributed by atoms with Crippen molar-refractivity contribution in [3.8, 4) is 0 Å². The van der Waals surface area contributed by atoms with E-state index >= 15 is 0 Å². The fourth-order valence-electron chi connectivity index (χ4n) is 2.54. The number of nitrogens with zero attached hydrogens (tertiary/aromatic N) is 1. The molecule has 1 aliphatic carbocycles. The van der Waals surface area contributed by atoms with E-state index in [0.717, 1.165) is 38.8 Å². The van der Waals surface area contributed by atoms with Crippen molar-refractivity contribution in [3.05, 3.63) is 0 Å². The molecule has 0 radical (unpaired) electrons. The van der Waals surface area contributed by atoms with Gasteiger partial charge in [0.1, 0.15) is 0 Å². The monoisotopic (exact) mass is 269 g/mol. The summed E-state index contributed by atoms with van der Waals surface area (Å²) in [6.45, 7) is 8.35. The van der Waals surface area contributed by atoms with Crippen LogP contribution >= 0.6 is 0 Å². The normalized spacial score (nSPS) is 27.8. The van der Waals surface area contributed by atoms with Crippen LogP contribution in [0, 0.1) is 11.8 Å². The maximum absolute atomic E-state index is 12.0. The van der Waals surface area contributed by atoms with Crippen LogP contribution < -0.4 is 11.1 Å². The van der Waals surface area contributed by atoms with E-state index < -0.39 is 0 Å². The van der Waals surface area contributed by atoms with Crippen LogP contribution in [0.15, 0.2) is 0 Å². The molecule has 4 nitrogen and oxygen atoms in total. The van der Waals surface area contributed by atoms with E-state index in [4.69, 9.17) is 5.73 Å². The highest BCUT2D eigenvalue weighted by Crippen LogP contribution is 2.27. The van der Waals surface area contributed by atoms with E-state index in [1.165, 1.54) is 0 Å². The van der Waals surface area contributed by atoms with Crippen molar-refractivity contribution >= 4 is 5.91 Å². The van der Waals surface area contributed by atoms with Gasteiger partial charge in [-0.1, -0.05) is 6.92 Å². The summed E-state index contributed by atoms with van der Waals surface area (Å²) < 4.78 is 0. The molecule has 0 aromatic carbocycles. The van der Waals surface area contributed by atoms with Crippen molar-refractivity contribution in [2.45, 2.75) is 58.5 Å². The standard InChI is InChI=1S/C15H31N3O/c1-11(2)18(4)9-5-8-17-15(19)13-7-6-12(3)14(16)10-13/h11-14H,5-10,16H2,1-4H3,(H,17,19). The Morgan fingerprint density at radius 1 is 1.42 bits per heavy atom. The van der Waals surface area contributed by atoms with Crippen LogP contribution in [0.3, 0.4) is 0 Å². The van der Waals surface area contributed by atoms with Gasteiger partial charge in [-0.05, 0) is 59.0 Å². The fraction of sp³-hybridized carbons (Fsp3) is 0.933. The smallest absolute Gasteiger partial charge is 0.223 e. The molecule has 3 N–H and O–H groups in total. The molecule has 0 aromatic heterocycles. The van der Waals surface area contributed by atoms with Crippen LogP contribution in [0.2, 0.25) is 0 Å². The number of nitrogens with two attached hydrogens (primary N) is 1. The minimum absolute atomic E-state index is 0.133. The SMILES string of the molecule is CC1CCC(C(=O)NCCCN(C)C(C)C)CC1N. The third-order valence-electron chi connectivity index (χ3n) is 4.50. The van der Waals surface area contributed by atoms with Gasteiger partial charge in [0.25, 0.3) is 0 Å². The summed E-state index contributed by atoms with van der Waals surface area (Å²) >= 11 is 0. The molecule has 112 valence electrons. The molecule has 0 aliphatic heterocycles. The molecule has 0 spiro atoms. The van der Waals surface area contributed by atoms with Crippen LogP contribution in [-0.4, -0.2) is 43.0 Å². The number of hydrogen-bond acceptors (Lipinski definition) is 3. The molecule has 19 heavy (non-hydrogen) atoms. The number of carbonyl (C=O) groups is 1. The van der Waals surface area contributed by atoms with Gasteiger partial charge in [-0.15, -0.1) is 0 Å². The molecule has 1 aliphatic rings. The molecule has 3 unspecified atom stereocenters. The summed E-state index contributed by atoms with van der Waals surface area (Å²) in [5.74, 6) is 0.896. The molecule has 1 saturated carbocycles. The zero-order chi connectivity index (χ0) is 14.4. The van der Waals surface area contributed by atoms with Crippen molar-refractivity contribution in [1.82, 2.24) is 10.2 Å². The average Bonchev–Trinajstić information content (AvgIpc) is 2.37. The highest BCUT2D eigenvalue weighted by molar-refractivity contribution is 5.78. The number of amides is 1. The van der Waals surface area contributed by atoms with Crippen molar-refractivity contribution in [1.29, 1.82) is 0 Å². The van der Waals surface area contributed by atoms with Crippen LogP contribution in [0.5, 0.6) is 0 Å². The maximum Gasteiger partial charge on any atom is 0.223 e. The van der Waals surface area contributed by atoms with E-state index in [1.807, 2.05) is 0 Å². The number of nitrogens with one attached hydrogen (secondary N) is 1. The zero-order valence-corrected chi connectivity index (χ0v) is 13.0. The number of carbonyl (C=O) groups excluding carboxylic acids is 1. The van der Waals surface area contributed by atoms with Gasteiger partial charge in [0.05, 0.1) is 0 Å². The lowest BCUT2D eigenvalue weighted by Crippen LogP contribution is -2.42. The molecule has 1 rings (SSSR count). The van der Waals surface area contributed by atoms with Crippen molar-refractivity contribution in [3.63, 3.8) is 0 Å². The lowest BCUT2D eigenvalue weighted by Gasteiger charge is -2.31. The first-order chi connectivity index (χ1) is 8.91. The molecule has 0 heterocycles. The van der Waals surface area contributed by atoms with Gasteiger partial charge in [0.15, 0.2) is 0 Å². The Morgan fingerprint density at radius 3 is 2.68 bits per heavy atom. The largest absolute Gasteiger partial charge is 0.356 e. The Morgan fingerprint density at radius 2 is 2.11 bits per heavy atom. The van der Waals surface area contributed by atoms with Gasteiger partial charge in [-0.2, -0.15) is 0 Å². The van der Waals surface area contributed by atoms with E-state index in [-0.39, 0.29) is 17.9 Å². The minimum Gasteiger partial charge on any atom is -0.356 e. The van der Waals surface area contributed by atoms with E-state index in [1.54, 1.807) is 0 Å². The second kappa shape index (κ2) is 7.85. The summed E-state index contributed by atoms with van der Waals surface area (Å²) in [6.07, 6.45) is 3.93. The van der Waals surface area contributed by atoms with E-state index in [9.17, 15) is 4.79 Å². The van der Waals surface area contributed by atoms with Crippen molar-refractivity contribution < 1.29 is 4.79 Å². The van der Waals surface area contributed by atoms with Gasteiger partial charge < -0.3 is 16.0 Å². The molecule has 0 bridgehead atoms. The Hall–Kier alpha value is -0.610. The minimum atomic E-state index is 0.133. The van der Waals surface area contributed by atoms with Crippen LogP contribution in [0.1, 0.15) is 46.5 Å². The summed E-state index contributed by atoms with van der Waals surface area (Å²) in [5.41, 5.74) is 6.05. The molecule has 4 heteroatoms. The highest BCUT2D eigenvalue weighted by atomic mass is 16.1. The van der Waals surface area contributed by atoms with Gasteiger partial charge in [0, 0.05) is 24.5 Å². The van der Waals surface area contributed by atoms with Crippen LogP contribution in [-0.2, 0) is 4.79 Å². The molecule has 1 amide bonds. The fourth-order valence-corrected chi connectivity index (χ4v) is 2.54.